The Bertz CT molecular complexity index is 1910. The van der Waals surface area contributed by atoms with Gasteiger partial charge in [-0.3, -0.25) is 10.1 Å². The van der Waals surface area contributed by atoms with Crippen molar-refractivity contribution in [3.63, 3.8) is 0 Å². The second kappa shape index (κ2) is 11.0. The summed E-state index contributed by atoms with van der Waals surface area (Å²) in [7, 11) is 0. The third kappa shape index (κ3) is 5.09. The van der Waals surface area contributed by atoms with Crippen LogP contribution in [0.25, 0.3) is 51.2 Å². The average molecular weight is 549 g/mol. The van der Waals surface area contributed by atoms with Crippen molar-refractivity contribution in [2.75, 3.05) is 5.32 Å². The van der Waals surface area contributed by atoms with Crippen molar-refractivity contribution < 1.29 is 8.78 Å². The quantitative estimate of drug-likeness (QED) is 0.208. The van der Waals surface area contributed by atoms with Crippen LogP contribution in [0.3, 0.4) is 0 Å². The van der Waals surface area contributed by atoms with Crippen LogP contribution in [0.15, 0.2) is 79.8 Å². The molecule has 0 amide bonds. The van der Waals surface area contributed by atoms with E-state index in [-0.39, 0.29) is 16.6 Å². The highest BCUT2D eigenvalue weighted by atomic mass is 19.1. The number of aromatic amines is 2. The molecule has 1 saturated carbocycles. The normalized spacial score (nSPS) is 15.0. The van der Waals surface area contributed by atoms with Gasteiger partial charge in [-0.05, 0) is 55.5 Å². The summed E-state index contributed by atoms with van der Waals surface area (Å²) in [6.07, 6.45) is 9.71. The van der Waals surface area contributed by atoms with Crippen LogP contribution in [0.4, 0.5) is 14.5 Å². The second-order valence-electron chi connectivity index (χ2n) is 10.3. The molecule has 1 aliphatic rings. The van der Waals surface area contributed by atoms with Crippen LogP contribution >= 0.6 is 0 Å². The van der Waals surface area contributed by atoms with Crippen LogP contribution < -0.4 is 15.9 Å². The fraction of sp³-hybridized carbons (Fsp3) is 0.182. The summed E-state index contributed by atoms with van der Waals surface area (Å²) in [6, 6.07) is 13.8. The molecule has 0 bridgehead atoms. The van der Waals surface area contributed by atoms with Crippen molar-refractivity contribution in [2.24, 2.45) is 5.92 Å². The van der Waals surface area contributed by atoms with E-state index in [4.69, 9.17) is 4.98 Å². The second-order valence-corrected chi connectivity index (χ2v) is 10.3. The molecule has 0 radical (unpaired) electrons. The zero-order valence-electron chi connectivity index (χ0n) is 22.8. The van der Waals surface area contributed by atoms with Gasteiger partial charge < -0.3 is 10.3 Å². The first-order valence-electron chi connectivity index (χ1n) is 13.7. The minimum Gasteiger partial charge on any atom is -0.358 e. The summed E-state index contributed by atoms with van der Waals surface area (Å²) in [5.41, 5.74) is 5.54. The van der Waals surface area contributed by atoms with Crippen molar-refractivity contribution in [3.8, 4) is 22.6 Å². The maximum absolute atomic E-state index is 16.3. The largest absolute Gasteiger partial charge is 0.358 e. The molecule has 3 heterocycles. The van der Waals surface area contributed by atoms with Crippen LogP contribution in [0.1, 0.15) is 38.2 Å². The molecule has 6 nitrogen and oxygen atoms in total. The Balaban J connectivity index is 1.40. The third-order valence-corrected chi connectivity index (χ3v) is 7.68. The SMILES string of the molecule is C=C(/C(F)=c1/c(-c2nc3c(-c4cccc(F)c4)cccc3[nH]2)n[nH]/c1=C/C)c1cncc(NC(=C)C2CCCC2)c1. The first-order valence-corrected chi connectivity index (χ1v) is 13.7. The summed E-state index contributed by atoms with van der Waals surface area (Å²) in [5.74, 6) is -0.0555. The first kappa shape index (κ1) is 26.4. The summed E-state index contributed by atoms with van der Waals surface area (Å²) in [6.45, 7) is 10.1. The molecule has 0 saturated heterocycles. The van der Waals surface area contributed by atoms with E-state index >= 15 is 4.39 Å². The highest BCUT2D eigenvalue weighted by molar-refractivity contribution is 5.96. The van der Waals surface area contributed by atoms with Crippen LogP contribution in [-0.2, 0) is 0 Å². The van der Waals surface area contributed by atoms with Gasteiger partial charge in [0.25, 0.3) is 0 Å². The maximum Gasteiger partial charge on any atom is 0.159 e. The van der Waals surface area contributed by atoms with Gasteiger partial charge in [0.05, 0.1) is 33.5 Å². The number of pyridine rings is 1. The van der Waals surface area contributed by atoms with Gasteiger partial charge in [0.1, 0.15) is 17.3 Å². The zero-order valence-corrected chi connectivity index (χ0v) is 22.8. The van der Waals surface area contributed by atoms with E-state index in [1.54, 1.807) is 31.5 Å². The number of halogens is 2. The lowest BCUT2D eigenvalue weighted by atomic mass is 10.0. The number of nitrogens with one attached hydrogen (secondary N) is 3. The minimum atomic E-state index is -0.541. The lowest BCUT2D eigenvalue weighted by Crippen LogP contribution is -2.26. The number of imidazole rings is 1. The number of hydrogen-bond acceptors (Lipinski definition) is 4. The van der Waals surface area contributed by atoms with Crippen molar-refractivity contribution in [1.82, 2.24) is 25.1 Å². The molecular formula is C33H30F2N6. The number of fused-ring (bicyclic) bond motifs is 1. The van der Waals surface area contributed by atoms with E-state index in [2.05, 4.69) is 38.6 Å². The smallest absolute Gasteiger partial charge is 0.159 e. The fourth-order valence-electron chi connectivity index (χ4n) is 5.50. The van der Waals surface area contributed by atoms with Gasteiger partial charge in [0.15, 0.2) is 5.82 Å². The monoisotopic (exact) mass is 548 g/mol. The number of benzene rings is 2. The standard InChI is InChI=1S/C33H30F2N6/c1-4-27-29(30(35)19(2)23-16-25(18-36-17-23)37-20(3)21-9-5-6-10-21)32(41-40-27)33-38-28-14-8-13-26(31(28)39-33)22-11-7-12-24(34)15-22/h4,7-8,11-18,21,37,40H,2-3,5-6,9-10H2,1H3,(H,38,39)/b27-4+,30-29-. The van der Waals surface area contributed by atoms with E-state index in [1.807, 2.05) is 30.3 Å². The van der Waals surface area contributed by atoms with Crippen LogP contribution in [-0.4, -0.2) is 25.1 Å². The Morgan fingerprint density at radius 2 is 1.88 bits per heavy atom. The summed E-state index contributed by atoms with van der Waals surface area (Å²) >= 11 is 0. The number of para-hydroxylation sites is 1. The number of allylic oxidation sites excluding steroid dienone is 2. The van der Waals surface area contributed by atoms with Gasteiger partial charge in [-0.25, -0.2) is 13.8 Å². The molecule has 0 unspecified atom stereocenters. The Morgan fingerprint density at radius 1 is 1.07 bits per heavy atom. The summed E-state index contributed by atoms with van der Waals surface area (Å²) in [4.78, 5) is 12.4. The van der Waals surface area contributed by atoms with E-state index in [1.165, 1.54) is 25.0 Å². The van der Waals surface area contributed by atoms with Gasteiger partial charge >= 0.3 is 0 Å². The van der Waals surface area contributed by atoms with Gasteiger partial charge in [-0.2, -0.15) is 5.10 Å². The molecule has 1 fully saturated rings. The summed E-state index contributed by atoms with van der Waals surface area (Å²) in [5, 5.41) is 11.4. The van der Waals surface area contributed by atoms with E-state index < -0.39 is 5.83 Å². The Kier molecular flexibility index (Phi) is 7.05. The van der Waals surface area contributed by atoms with E-state index in [0.717, 1.165) is 35.3 Å². The van der Waals surface area contributed by atoms with Gasteiger partial charge in [-0.15, -0.1) is 0 Å². The highest BCUT2D eigenvalue weighted by Crippen LogP contribution is 2.32. The number of aromatic nitrogens is 5. The van der Waals surface area contributed by atoms with Crippen molar-refractivity contribution in [1.29, 1.82) is 0 Å². The third-order valence-electron chi connectivity index (χ3n) is 7.68. The predicted molar refractivity (Wildman–Crippen MR) is 161 cm³/mol. The highest BCUT2D eigenvalue weighted by Gasteiger charge is 2.20. The van der Waals surface area contributed by atoms with Crippen LogP contribution in [0.2, 0.25) is 0 Å². The number of H-pyrrole nitrogens is 2. The predicted octanol–water partition coefficient (Wildman–Crippen LogP) is 6.86. The Hall–Kier alpha value is -4.85. The lowest BCUT2D eigenvalue weighted by molar-refractivity contribution is 0.628. The number of rotatable bonds is 7. The molecule has 2 aromatic carbocycles. The Morgan fingerprint density at radius 3 is 2.66 bits per heavy atom. The summed E-state index contributed by atoms with van der Waals surface area (Å²) < 4.78 is 30.3. The molecule has 5 aromatic rings. The molecule has 3 N–H and O–H groups in total. The molecule has 3 aromatic heterocycles. The first-order chi connectivity index (χ1) is 19.9. The molecule has 8 heteroatoms. The lowest BCUT2D eigenvalue weighted by Gasteiger charge is -2.16. The molecular weight excluding hydrogens is 518 g/mol. The fourth-order valence-corrected chi connectivity index (χ4v) is 5.50. The number of hydrogen-bond donors (Lipinski definition) is 3. The zero-order chi connectivity index (χ0) is 28.5. The molecule has 0 spiro atoms. The molecule has 6 rings (SSSR count). The van der Waals surface area contributed by atoms with Crippen LogP contribution in [0.5, 0.6) is 0 Å². The number of anilines is 1. The Labute approximate surface area is 236 Å². The molecule has 1 aliphatic carbocycles. The van der Waals surface area contributed by atoms with E-state index in [0.29, 0.717) is 39.4 Å². The van der Waals surface area contributed by atoms with Crippen LogP contribution in [0, 0.1) is 11.7 Å². The molecule has 0 atom stereocenters. The minimum absolute atomic E-state index is 0.176. The van der Waals surface area contributed by atoms with Crippen molar-refractivity contribution in [3.05, 3.63) is 102 Å². The molecule has 41 heavy (non-hydrogen) atoms. The van der Waals surface area contributed by atoms with Gasteiger partial charge in [0.2, 0.25) is 0 Å². The maximum atomic E-state index is 16.3. The molecule has 0 aliphatic heterocycles. The average Bonchev–Trinajstić information content (AvgIpc) is 3.75. The molecule has 206 valence electrons. The van der Waals surface area contributed by atoms with Gasteiger partial charge in [0, 0.05) is 28.6 Å². The topological polar surface area (TPSA) is 82.3 Å². The van der Waals surface area contributed by atoms with Gasteiger partial charge in [-0.1, -0.05) is 56.3 Å². The van der Waals surface area contributed by atoms with E-state index in [9.17, 15) is 4.39 Å². The number of nitrogens with zero attached hydrogens (tertiary/aromatic N) is 3. The van der Waals surface area contributed by atoms with Crippen molar-refractivity contribution >= 4 is 34.2 Å². The van der Waals surface area contributed by atoms with Crippen molar-refractivity contribution in [2.45, 2.75) is 32.6 Å².